The number of hydrogen-bond acceptors (Lipinski definition) is 5. The Morgan fingerprint density at radius 2 is 2.21 bits per heavy atom. The summed E-state index contributed by atoms with van der Waals surface area (Å²) in [5.74, 6) is 2.15. The molecule has 0 unspecified atom stereocenters. The number of fused-ring (bicyclic) bond motifs is 1. The van der Waals surface area contributed by atoms with Gasteiger partial charge in [0.05, 0.1) is 31.0 Å². The van der Waals surface area contributed by atoms with E-state index in [1.54, 1.807) is 0 Å². The molecule has 0 spiro atoms. The molecule has 1 saturated carbocycles. The zero-order chi connectivity index (χ0) is 16.7. The monoisotopic (exact) mass is 330 g/mol. The van der Waals surface area contributed by atoms with Gasteiger partial charge in [0, 0.05) is 13.2 Å². The Morgan fingerprint density at radius 3 is 2.92 bits per heavy atom. The number of rotatable bonds is 5. The van der Waals surface area contributed by atoms with E-state index in [-0.39, 0.29) is 5.91 Å². The molecule has 7 nitrogen and oxygen atoms in total. The minimum atomic E-state index is 0.00153. The van der Waals surface area contributed by atoms with E-state index in [1.807, 2.05) is 29.5 Å². The molecule has 2 aromatic rings. The third-order valence-electron chi connectivity index (χ3n) is 4.69. The van der Waals surface area contributed by atoms with Crippen LogP contribution in [0.5, 0.6) is 0 Å². The number of nitrogens with zero attached hydrogens (tertiary/aromatic N) is 4. The van der Waals surface area contributed by atoms with Crippen molar-refractivity contribution in [2.45, 2.75) is 46.4 Å². The summed E-state index contributed by atoms with van der Waals surface area (Å²) in [7, 11) is 0. The van der Waals surface area contributed by atoms with Gasteiger partial charge in [-0.3, -0.25) is 4.79 Å². The molecule has 0 radical (unpaired) electrons. The van der Waals surface area contributed by atoms with E-state index in [1.165, 1.54) is 12.8 Å². The molecule has 0 saturated heterocycles. The van der Waals surface area contributed by atoms with Gasteiger partial charge in [-0.15, -0.1) is 5.10 Å². The fraction of sp³-hybridized carbons (Fsp3) is 0.588. The van der Waals surface area contributed by atoms with Gasteiger partial charge in [-0.1, -0.05) is 5.21 Å². The second-order valence-electron chi connectivity index (χ2n) is 6.72. The van der Waals surface area contributed by atoms with Crippen molar-refractivity contribution in [3.8, 4) is 0 Å². The highest BCUT2D eigenvalue weighted by Crippen LogP contribution is 2.29. The number of aryl methyl sites for hydroxylation is 2. The molecule has 128 valence electrons. The van der Waals surface area contributed by atoms with Crippen molar-refractivity contribution < 1.29 is 13.9 Å². The highest BCUT2D eigenvalue weighted by atomic mass is 16.5. The van der Waals surface area contributed by atoms with Crippen molar-refractivity contribution in [1.29, 1.82) is 0 Å². The first-order chi connectivity index (χ1) is 11.6. The minimum absolute atomic E-state index is 0.00153. The fourth-order valence-electron chi connectivity index (χ4n) is 3.10. The molecule has 1 fully saturated rings. The van der Waals surface area contributed by atoms with Crippen LogP contribution in [-0.4, -0.2) is 39.0 Å². The Kier molecular flexibility index (Phi) is 3.88. The third-order valence-corrected chi connectivity index (χ3v) is 4.69. The Balaban J connectivity index is 1.46. The summed E-state index contributed by atoms with van der Waals surface area (Å²) in [6, 6.07) is 1.81. The van der Waals surface area contributed by atoms with E-state index in [0.29, 0.717) is 37.6 Å². The maximum Gasteiger partial charge on any atom is 0.257 e. The van der Waals surface area contributed by atoms with Crippen molar-refractivity contribution in [3.63, 3.8) is 0 Å². The quantitative estimate of drug-likeness (QED) is 0.839. The summed E-state index contributed by atoms with van der Waals surface area (Å²) in [4.78, 5) is 14.6. The highest BCUT2D eigenvalue weighted by Gasteiger charge is 2.28. The van der Waals surface area contributed by atoms with Crippen LogP contribution < -0.4 is 0 Å². The lowest BCUT2D eigenvalue weighted by Gasteiger charge is -2.27. The van der Waals surface area contributed by atoms with Gasteiger partial charge >= 0.3 is 0 Å². The predicted molar refractivity (Wildman–Crippen MR) is 85.3 cm³/mol. The molecule has 2 aliphatic rings. The first kappa shape index (κ1) is 15.4. The number of carbonyl (C=O) groups excluding carboxylic acids is 1. The summed E-state index contributed by atoms with van der Waals surface area (Å²) in [5, 5.41) is 8.42. The summed E-state index contributed by atoms with van der Waals surface area (Å²) in [6.07, 6.45) is 2.54. The molecule has 24 heavy (non-hydrogen) atoms. The molecule has 1 aliphatic heterocycles. The van der Waals surface area contributed by atoms with Gasteiger partial charge in [0.1, 0.15) is 17.2 Å². The van der Waals surface area contributed by atoms with Crippen LogP contribution in [0.1, 0.15) is 46.1 Å². The van der Waals surface area contributed by atoms with Crippen LogP contribution in [0.2, 0.25) is 0 Å². The van der Waals surface area contributed by atoms with E-state index in [0.717, 1.165) is 29.7 Å². The molecule has 0 aromatic carbocycles. The first-order valence-electron chi connectivity index (χ1n) is 8.47. The molecule has 3 heterocycles. The van der Waals surface area contributed by atoms with E-state index >= 15 is 0 Å². The molecule has 7 heteroatoms. The topological polar surface area (TPSA) is 73.4 Å². The standard InChI is InChI=1S/C17H22N4O3/c1-11-7-14(12(2)24-11)17(22)20-5-6-21-16(8-20)15(18-19-21)10-23-9-13-3-4-13/h7,13H,3-6,8-10H2,1-2H3. The number of carbonyl (C=O) groups is 1. The molecule has 0 bridgehead atoms. The van der Waals surface area contributed by atoms with Crippen molar-refractivity contribution in [3.05, 3.63) is 34.5 Å². The van der Waals surface area contributed by atoms with Crippen LogP contribution in [-0.2, 0) is 24.4 Å². The van der Waals surface area contributed by atoms with Crippen molar-refractivity contribution in [2.24, 2.45) is 5.92 Å². The molecule has 1 amide bonds. The Bertz CT molecular complexity index is 760. The SMILES string of the molecule is Cc1cc(C(=O)N2CCn3nnc(COCC4CC4)c3C2)c(C)o1. The summed E-state index contributed by atoms with van der Waals surface area (Å²) in [5.41, 5.74) is 2.46. The average Bonchev–Trinajstić information content (AvgIpc) is 3.21. The van der Waals surface area contributed by atoms with E-state index in [2.05, 4.69) is 10.3 Å². The number of aromatic nitrogens is 3. The van der Waals surface area contributed by atoms with Crippen LogP contribution in [0, 0.1) is 19.8 Å². The van der Waals surface area contributed by atoms with Gasteiger partial charge < -0.3 is 14.1 Å². The van der Waals surface area contributed by atoms with E-state index < -0.39 is 0 Å². The summed E-state index contributed by atoms with van der Waals surface area (Å²) in [6.45, 7) is 6.74. The smallest absolute Gasteiger partial charge is 0.257 e. The molecule has 1 aliphatic carbocycles. The molecule has 2 aromatic heterocycles. The number of amides is 1. The molecule has 0 atom stereocenters. The maximum atomic E-state index is 12.8. The zero-order valence-corrected chi connectivity index (χ0v) is 14.1. The molecular weight excluding hydrogens is 308 g/mol. The Morgan fingerprint density at radius 1 is 1.38 bits per heavy atom. The van der Waals surface area contributed by atoms with Gasteiger partial charge in [-0.25, -0.2) is 4.68 Å². The van der Waals surface area contributed by atoms with Gasteiger partial charge in [0.2, 0.25) is 0 Å². The maximum absolute atomic E-state index is 12.8. The largest absolute Gasteiger partial charge is 0.466 e. The lowest BCUT2D eigenvalue weighted by atomic mass is 10.2. The Hall–Kier alpha value is -2.15. The third kappa shape index (κ3) is 2.96. The number of furan rings is 1. The number of ether oxygens (including phenoxy) is 1. The fourth-order valence-corrected chi connectivity index (χ4v) is 3.10. The van der Waals surface area contributed by atoms with Gasteiger partial charge in [0.15, 0.2) is 0 Å². The molecule has 0 N–H and O–H groups in total. The van der Waals surface area contributed by atoms with Gasteiger partial charge in [-0.05, 0) is 38.7 Å². The predicted octanol–water partition coefficient (Wildman–Crippen LogP) is 2.07. The van der Waals surface area contributed by atoms with Gasteiger partial charge in [0.25, 0.3) is 5.91 Å². The minimum Gasteiger partial charge on any atom is -0.466 e. The van der Waals surface area contributed by atoms with Crippen LogP contribution in [0.25, 0.3) is 0 Å². The van der Waals surface area contributed by atoms with Crippen LogP contribution in [0.3, 0.4) is 0 Å². The van der Waals surface area contributed by atoms with Crippen LogP contribution in [0.15, 0.2) is 10.5 Å². The molecule has 4 rings (SSSR count). The molecular formula is C17H22N4O3. The second kappa shape index (κ2) is 6.05. The van der Waals surface area contributed by atoms with E-state index in [9.17, 15) is 4.79 Å². The van der Waals surface area contributed by atoms with Crippen molar-refractivity contribution in [2.75, 3.05) is 13.2 Å². The van der Waals surface area contributed by atoms with Crippen LogP contribution >= 0.6 is 0 Å². The summed E-state index contributed by atoms with van der Waals surface area (Å²) >= 11 is 0. The Labute approximate surface area is 140 Å². The lowest BCUT2D eigenvalue weighted by Crippen LogP contribution is -2.38. The van der Waals surface area contributed by atoms with Crippen molar-refractivity contribution in [1.82, 2.24) is 19.9 Å². The highest BCUT2D eigenvalue weighted by molar-refractivity contribution is 5.95. The second-order valence-corrected chi connectivity index (χ2v) is 6.72. The lowest BCUT2D eigenvalue weighted by molar-refractivity contribution is 0.0697. The van der Waals surface area contributed by atoms with Crippen LogP contribution in [0.4, 0.5) is 0 Å². The first-order valence-corrected chi connectivity index (χ1v) is 8.47. The van der Waals surface area contributed by atoms with E-state index in [4.69, 9.17) is 9.15 Å². The zero-order valence-electron chi connectivity index (χ0n) is 14.1. The van der Waals surface area contributed by atoms with Crippen molar-refractivity contribution >= 4 is 5.91 Å². The summed E-state index contributed by atoms with van der Waals surface area (Å²) < 4.78 is 13.1. The van der Waals surface area contributed by atoms with Gasteiger partial charge in [-0.2, -0.15) is 0 Å². The number of hydrogen-bond donors (Lipinski definition) is 0. The normalized spacial score (nSPS) is 17.2. The average molecular weight is 330 g/mol.